The SMILES string of the molecule is N#Cc1cc2c(cc1Oc1ccc(C(=O)Cc3cnc4ccccc4c3)cc1)OCCC2C(=O)O. The average molecular weight is 464 g/mol. The Hall–Kier alpha value is -4.70. The van der Waals surface area contributed by atoms with E-state index in [-0.39, 0.29) is 30.1 Å². The first-order valence-electron chi connectivity index (χ1n) is 11.1. The molecule has 35 heavy (non-hydrogen) atoms. The van der Waals surface area contributed by atoms with Gasteiger partial charge in [-0.3, -0.25) is 14.6 Å². The smallest absolute Gasteiger partial charge is 0.311 e. The Labute approximate surface area is 201 Å². The highest BCUT2D eigenvalue weighted by Crippen LogP contribution is 2.39. The maximum absolute atomic E-state index is 12.8. The summed E-state index contributed by atoms with van der Waals surface area (Å²) >= 11 is 0. The minimum absolute atomic E-state index is 0.0479. The highest BCUT2D eigenvalue weighted by molar-refractivity contribution is 5.98. The lowest BCUT2D eigenvalue weighted by Crippen LogP contribution is -2.21. The number of nitrogens with zero attached hydrogens (tertiary/aromatic N) is 2. The van der Waals surface area contributed by atoms with Gasteiger partial charge in [0, 0.05) is 35.2 Å². The van der Waals surface area contributed by atoms with Gasteiger partial charge in [0.2, 0.25) is 0 Å². The van der Waals surface area contributed by atoms with Crippen LogP contribution in [0.2, 0.25) is 0 Å². The predicted molar refractivity (Wildman–Crippen MR) is 128 cm³/mol. The summed E-state index contributed by atoms with van der Waals surface area (Å²) in [6, 6.07) is 21.5. The average Bonchev–Trinajstić information content (AvgIpc) is 2.88. The van der Waals surface area contributed by atoms with Gasteiger partial charge in [-0.05, 0) is 54.4 Å². The van der Waals surface area contributed by atoms with Crippen molar-refractivity contribution in [2.24, 2.45) is 0 Å². The van der Waals surface area contributed by atoms with E-state index in [9.17, 15) is 20.0 Å². The van der Waals surface area contributed by atoms with Crippen LogP contribution in [-0.4, -0.2) is 28.4 Å². The van der Waals surface area contributed by atoms with Gasteiger partial charge in [-0.15, -0.1) is 0 Å². The number of pyridine rings is 1. The fourth-order valence-corrected chi connectivity index (χ4v) is 4.18. The van der Waals surface area contributed by atoms with Gasteiger partial charge in [0.15, 0.2) is 5.78 Å². The molecule has 1 unspecified atom stereocenters. The topological polar surface area (TPSA) is 110 Å². The van der Waals surface area contributed by atoms with E-state index in [4.69, 9.17) is 9.47 Å². The predicted octanol–water partition coefficient (Wildman–Crippen LogP) is 5.27. The lowest BCUT2D eigenvalue weighted by Gasteiger charge is -2.24. The molecule has 0 saturated carbocycles. The quantitative estimate of drug-likeness (QED) is 0.387. The van der Waals surface area contributed by atoms with Crippen LogP contribution in [0.25, 0.3) is 10.9 Å². The number of carbonyl (C=O) groups is 2. The van der Waals surface area contributed by atoms with Gasteiger partial charge < -0.3 is 14.6 Å². The minimum atomic E-state index is -0.952. The number of Topliss-reactive ketones (excluding diaryl/α,β-unsaturated/α-hetero) is 1. The zero-order valence-electron chi connectivity index (χ0n) is 18.6. The highest BCUT2D eigenvalue weighted by Gasteiger charge is 2.29. The third-order valence-corrected chi connectivity index (χ3v) is 5.99. The number of ether oxygens (including phenoxy) is 2. The van der Waals surface area contributed by atoms with E-state index in [0.717, 1.165) is 16.5 Å². The van der Waals surface area contributed by atoms with Gasteiger partial charge >= 0.3 is 5.97 Å². The third kappa shape index (κ3) is 4.55. The summed E-state index contributed by atoms with van der Waals surface area (Å²) in [6.07, 6.45) is 2.29. The fraction of sp³-hybridized carbons (Fsp3) is 0.143. The highest BCUT2D eigenvalue weighted by atomic mass is 16.5. The number of hydrogen-bond acceptors (Lipinski definition) is 6. The summed E-state index contributed by atoms with van der Waals surface area (Å²) in [5.41, 5.74) is 2.93. The summed E-state index contributed by atoms with van der Waals surface area (Å²) in [6.45, 7) is 0.277. The second kappa shape index (κ2) is 9.27. The first kappa shape index (κ1) is 22.1. The molecule has 3 aromatic carbocycles. The Morgan fingerprint density at radius 1 is 1.11 bits per heavy atom. The number of aliphatic carboxylic acids is 1. The van der Waals surface area contributed by atoms with Gasteiger partial charge in [0.05, 0.1) is 23.6 Å². The van der Waals surface area contributed by atoms with Crippen LogP contribution in [0.15, 0.2) is 72.9 Å². The summed E-state index contributed by atoms with van der Waals surface area (Å²) in [5.74, 6) is -0.619. The van der Waals surface area contributed by atoms with E-state index in [1.165, 1.54) is 6.07 Å². The van der Waals surface area contributed by atoms with Crippen LogP contribution in [0, 0.1) is 11.3 Å². The fourth-order valence-electron chi connectivity index (χ4n) is 4.18. The Bertz CT molecular complexity index is 1490. The number of benzene rings is 3. The molecule has 0 fully saturated rings. The molecule has 0 bridgehead atoms. The second-order valence-electron chi connectivity index (χ2n) is 8.29. The van der Waals surface area contributed by atoms with Crippen molar-refractivity contribution in [3.8, 4) is 23.3 Å². The molecule has 1 aromatic heterocycles. The first-order chi connectivity index (χ1) is 17.0. The van der Waals surface area contributed by atoms with Crippen LogP contribution < -0.4 is 9.47 Å². The van der Waals surface area contributed by atoms with Crippen LogP contribution >= 0.6 is 0 Å². The molecule has 1 aliphatic rings. The molecule has 2 heterocycles. The molecule has 5 rings (SSSR count). The molecule has 0 aliphatic carbocycles. The van der Waals surface area contributed by atoms with Crippen molar-refractivity contribution in [3.63, 3.8) is 0 Å². The normalized spacial score (nSPS) is 14.4. The molecule has 1 atom stereocenters. The van der Waals surface area contributed by atoms with E-state index in [2.05, 4.69) is 11.1 Å². The van der Waals surface area contributed by atoms with Gasteiger partial charge in [-0.25, -0.2) is 0 Å². The van der Waals surface area contributed by atoms with Crippen LogP contribution in [0.4, 0.5) is 0 Å². The number of nitriles is 1. The number of fused-ring (bicyclic) bond motifs is 2. The van der Waals surface area contributed by atoms with Gasteiger partial charge in [-0.1, -0.05) is 18.2 Å². The van der Waals surface area contributed by atoms with Gasteiger partial charge in [-0.2, -0.15) is 5.26 Å². The second-order valence-corrected chi connectivity index (χ2v) is 8.29. The molecular formula is C28H20N2O5. The number of hydrogen-bond donors (Lipinski definition) is 1. The molecule has 172 valence electrons. The van der Waals surface area contributed by atoms with Crippen molar-refractivity contribution in [1.29, 1.82) is 5.26 Å². The van der Waals surface area contributed by atoms with E-state index < -0.39 is 11.9 Å². The maximum Gasteiger partial charge on any atom is 0.311 e. The largest absolute Gasteiger partial charge is 0.493 e. The van der Waals surface area contributed by atoms with E-state index in [1.807, 2.05) is 30.3 Å². The molecule has 0 radical (unpaired) electrons. The van der Waals surface area contributed by atoms with Crippen LogP contribution in [0.3, 0.4) is 0 Å². The third-order valence-electron chi connectivity index (χ3n) is 5.99. The number of para-hydroxylation sites is 1. The van der Waals surface area contributed by atoms with Crippen molar-refractivity contribution in [3.05, 3.63) is 95.2 Å². The van der Waals surface area contributed by atoms with Crippen molar-refractivity contribution >= 4 is 22.7 Å². The van der Waals surface area contributed by atoms with Gasteiger partial charge in [0.25, 0.3) is 0 Å². The molecule has 1 aliphatic heterocycles. The van der Waals surface area contributed by atoms with Crippen LogP contribution in [-0.2, 0) is 11.2 Å². The van der Waals surface area contributed by atoms with Crippen molar-refractivity contribution in [1.82, 2.24) is 4.98 Å². The van der Waals surface area contributed by atoms with E-state index in [1.54, 1.807) is 36.5 Å². The number of rotatable bonds is 6. The number of carboxylic acids is 1. The molecule has 0 saturated heterocycles. The standard InChI is InChI=1S/C28H20N2O5/c29-15-20-13-23-22(28(32)33)9-10-34-27(23)14-26(20)35-21-7-5-18(6-8-21)25(31)12-17-11-19-3-1-2-4-24(19)30-16-17/h1-8,11,13-14,16,22H,9-10,12H2,(H,32,33). The summed E-state index contributed by atoms with van der Waals surface area (Å²) in [7, 11) is 0. The Kier molecular flexibility index (Phi) is 5.86. The molecule has 7 nitrogen and oxygen atoms in total. The monoisotopic (exact) mass is 464 g/mol. The van der Waals surface area contributed by atoms with Crippen molar-refractivity contribution in [2.75, 3.05) is 6.61 Å². The summed E-state index contributed by atoms with van der Waals surface area (Å²) in [5, 5.41) is 20.0. The molecule has 4 aromatic rings. The van der Waals surface area contributed by atoms with Crippen molar-refractivity contribution in [2.45, 2.75) is 18.8 Å². The van der Waals surface area contributed by atoms with Crippen LogP contribution in [0.5, 0.6) is 17.2 Å². The first-order valence-corrected chi connectivity index (χ1v) is 11.1. The minimum Gasteiger partial charge on any atom is -0.493 e. The van der Waals surface area contributed by atoms with E-state index >= 15 is 0 Å². The molecular weight excluding hydrogens is 444 g/mol. The number of carbonyl (C=O) groups excluding carboxylic acids is 1. The van der Waals surface area contributed by atoms with Crippen molar-refractivity contribution < 1.29 is 24.2 Å². The number of aromatic nitrogens is 1. The number of carboxylic acid groups (broad SMARTS) is 1. The zero-order valence-corrected chi connectivity index (χ0v) is 18.6. The molecule has 0 amide bonds. The number of ketones is 1. The summed E-state index contributed by atoms with van der Waals surface area (Å²) in [4.78, 5) is 28.8. The maximum atomic E-state index is 12.8. The molecule has 1 N–H and O–H groups in total. The lowest BCUT2D eigenvalue weighted by molar-refractivity contribution is -0.139. The molecule has 0 spiro atoms. The Morgan fingerprint density at radius 2 is 1.91 bits per heavy atom. The zero-order chi connectivity index (χ0) is 24.4. The summed E-state index contributed by atoms with van der Waals surface area (Å²) < 4.78 is 11.5. The lowest BCUT2D eigenvalue weighted by atomic mass is 9.91. The van der Waals surface area contributed by atoms with E-state index in [0.29, 0.717) is 29.0 Å². The van der Waals surface area contributed by atoms with Crippen LogP contribution in [0.1, 0.15) is 39.4 Å². The molecule has 7 heteroatoms. The Morgan fingerprint density at radius 3 is 2.69 bits per heavy atom. The Balaban J connectivity index is 1.33. The van der Waals surface area contributed by atoms with Gasteiger partial charge in [0.1, 0.15) is 23.3 Å².